The lowest BCUT2D eigenvalue weighted by Gasteiger charge is -2.24. The third-order valence-electron chi connectivity index (χ3n) is 4.57. The van der Waals surface area contributed by atoms with E-state index in [9.17, 15) is 4.79 Å². The van der Waals surface area contributed by atoms with Gasteiger partial charge in [-0.1, -0.05) is 25.1 Å². The number of aryl methyl sites for hydroxylation is 1. The van der Waals surface area contributed by atoms with Crippen LogP contribution in [-0.4, -0.2) is 29.7 Å². The molecule has 2 amide bonds. The number of benzene rings is 1. The molecular formula is C19H25N3O3. The van der Waals surface area contributed by atoms with Crippen LogP contribution < -0.4 is 10.1 Å². The van der Waals surface area contributed by atoms with Crippen molar-refractivity contribution in [1.29, 1.82) is 0 Å². The van der Waals surface area contributed by atoms with E-state index in [1.807, 2.05) is 36.1 Å². The Balaban J connectivity index is 1.78. The second-order valence-electron chi connectivity index (χ2n) is 6.79. The number of amides is 2. The first-order valence-electron chi connectivity index (χ1n) is 8.68. The van der Waals surface area contributed by atoms with Gasteiger partial charge < -0.3 is 19.5 Å². The number of hydrogen-bond acceptors (Lipinski definition) is 4. The van der Waals surface area contributed by atoms with Crippen molar-refractivity contribution in [3.05, 3.63) is 41.3 Å². The first kappa shape index (κ1) is 17.3. The maximum atomic E-state index is 12.8. The van der Waals surface area contributed by atoms with E-state index in [1.165, 1.54) is 0 Å². The lowest BCUT2D eigenvalue weighted by Crippen LogP contribution is -2.34. The van der Waals surface area contributed by atoms with E-state index < -0.39 is 0 Å². The quantitative estimate of drug-likeness (QED) is 0.888. The lowest BCUT2D eigenvalue weighted by atomic mass is 10.1. The number of urea groups is 1. The minimum Gasteiger partial charge on any atom is -0.495 e. The number of anilines is 1. The number of methoxy groups -OCH3 is 1. The van der Waals surface area contributed by atoms with Gasteiger partial charge in [0, 0.05) is 18.5 Å². The van der Waals surface area contributed by atoms with Crippen LogP contribution in [-0.2, 0) is 0 Å². The van der Waals surface area contributed by atoms with Crippen molar-refractivity contribution < 1.29 is 14.1 Å². The molecule has 0 aliphatic carbocycles. The van der Waals surface area contributed by atoms with Crippen LogP contribution in [0.5, 0.6) is 5.75 Å². The van der Waals surface area contributed by atoms with Crippen molar-refractivity contribution in [2.24, 2.45) is 0 Å². The third kappa shape index (κ3) is 3.62. The molecule has 6 heteroatoms. The first-order chi connectivity index (χ1) is 12.0. The number of rotatable bonds is 4. The van der Waals surface area contributed by atoms with Gasteiger partial charge in [-0.25, -0.2) is 4.79 Å². The Morgan fingerprint density at radius 2 is 2.20 bits per heavy atom. The van der Waals surface area contributed by atoms with Crippen molar-refractivity contribution in [3.63, 3.8) is 0 Å². The van der Waals surface area contributed by atoms with Crippen LogP contribution in [0.2, 0.25) is 0 Å². The van der Waals surface area contributed by atoms with Gasteiger partial charge in [-0.05, 0) is 37.5 Å². The van der Waals surface area contributed by atoms with Gasteiger partial charge in [0.2, 0.25) is 0 Å². The maximum absolute atomic E-state index is 12.8. The van der Waals surface area contributed by atoms with E-state index >= 15 is 0 Å². The zero-order chi connectivity index (χ0) is 18.0. The fraction of sp³-hybridized carbons (Fsp3) is 0.474. The molecule has 1 aliphatic heterocycles. The van der Waals surface area contributed by atoms with Gasteiger partial charge in [0.25, 0.3) is 0 Å². The molecule has 1 atom stereocenters. The molecule has 1 aromatic heterocycles. The summed E-state index contributed by atoms with van der Waals surface area (Å²) in [5.41, 5.74) is 2.57. The first-order valence-corrected chi connectivity index (χ1v) is 8.68. The Hall–Kier alpha value is -2.50. The molecule has 0 radical (unpaired) electrons. The Morgan fingerprint density at radius 1 is 1.40 bits per heavy atom. The SMILES string of the molecule is COc1ccc(C)cc1NC(=O)N1CCCC1c1cc(C(C)C)on1. The van der Waals surface area contributed by atoms with Crippen molar-refractivity contribution in [3.8, 4) is 5.75 Å². The minimum absolute atomic E-state index is 0.0490. The van der Waals surface area contributed by atoms with Gasteiger partial charge in [0.15, 0.2) is 0 Å². The van der Waals surface area contributed by atoms with Gasteiger partial charge in [-0.2, -0.15) is 0 Å². The van der Waals surface area contributed by atoms with E-state index in [0.29, 0.717) is 18.0 Å². The zero-order valence-electron chi connectivity index (χ0n) is 15.2. The highest BCUT2D eigenvalue weighted by Crippen LogP contribution is 2.34. The second kappa shape index (κ2) is 7.17. The summed E-state index contributed by atoms with van der Waals surface area (Å²) < 4.78 is 10.8. The van der Waals surface area contributed by atoms with Crippen LogP contribution >= 0.6 is 0 Å². The minimum atomic E-state index is -0.138. The van der Waals surface area contributed by atoms with Crippen LogP contribution in [0.4, 0.5) is 10.5 Å². The van der Waals surface area contributed by atoms with Crippen molar-refractivity contribution in [2.75, 3.05) is 19.0 Å². The summed E-state index contributed by atoms with van der Waals surface area (Å²) in [7, 11) is 1.60. The molecule has 1 unspecified atom stereocenters. The fourth-order valence-corrected chi connectivity index (χ4v) is 3.16. The van der Waals surface area contributed by atoms with Crippen molar-refractivity contribution in [2.45, 2.75) is 45.6 Å². The largest absolute Gasteiger partial charge is 0.495 e. The van der Waals surface area contributed by atoms with Gasteiger partial charge in [0.1, 0.15) is 17.2 Å². The predicted octanol–water partition coefficient (Wildman–Crippen LogP) is 4.48. The Labute approximate surface area is 148 Å². The van der Waals surface area contributed by atoms with Crippen LogP contribution in [0, 0.1) is 6.92 Å². The van der Waals surface area contributed by atoms with Crippen LogP contribution in [0.3, 0.4) is 0 Å². The highest BCUT2D eigenvalue weighted by atomic mass is 16.5. The molecule has 134 valence electrons. The molecule has 1 saturated heterocycles. The fourth-order valence-electron chi connectivity index (χ4n) is 3.16. The number of carbonyl (C=O) groups is 1. The van der Waals surface area contributed by atoms with E-state index in [0.717, 1.165) is 29.9 Å². The highest BCUT2D eigenvalue weighted by molar-refractivity contribution is 5.91. The monoisotopic (exact) mass is 343 g/mol. The average molecular weight is 343 g/mol. The number of ether oxygens (including phenoxy) is 1. The summed E-state index contributed by atoms with van der Waals surface area (Å²) in [6, 6.07) is 7.50. The molecular weight excluding hydrogens is 318 g/mol. The van der Waals surface area contributed by atoms with Crippen LogP contribution in [0.1, 0.15) is 55.7 Å². The molecule has 6 nitrogen and oxygen atoms in total. The van der Waals surface area contributed by atoms with Gasteiger partial charge in [-0.15, -0.1) is 0 Å². The highest BCUT2D eigenvalue weighted by Gasteiger charge is 2.32. The second-order valence-corrected chi connectivity index (χ2v) is 6.79. The summed E-state index contributed by atoms with van der Waals surface area (Å²) in [5.74, 6) is 1.78. The van der Waals surface area contributed by atoms with Gasteiger partial charge >= 0.3 is 6.03 Å². The van der Waals surface area contributed by atoms with Crippen LogP contribution in [0.15, 0.2) is 28.8 Å². The van der Waals surface area contributed by atoms with E-state index in [2.05, 4.69) is 24.3 Å². The topological polar surface area (TPSA) is 67.6 Å². The summed E-state index contributed by atoms with van der Waals surface area (Å²) in [4.78, 5) is 14.6. The molecule has 0 saturated carbocycles. The summed E-state index contributed by atoms with van der Waals surface area (Å²) >= 11 is 0. The molecule has 2 aromatic rings. The normalized spacial score (nSPS) is 17.2. The molecule has 0 spiro atoms. The Morgan fingerprint density at radius 3 is 2.88 bits per heavy atom. The van der Waals surface area contributed by atoms with Gasteiger partial charge in [0.05, 0.1) is 18.8 Å². The Kier molecular flexibility index (Phi) is 4.97. The molecule has 25 heavy (non-hydrogen) atoms. The Bertz CT molecular complexity index is 754. The molecule has 1 N–H and O–H groups in total. The van der Waals surface area contributed by atoms with Crippen LogP contribution in [0.25, 0.3) is 0 Å². The number of aromatic nitrogens is 1. The third-order valence-corrected chi connectivity index (χ3v) is 4.57. The molecule has 3 rings (SSSR count). The molecule has 1 aliphatic rings. The standard InChI is InChI=1S/C19H25N3O3/c1-12(2)18-11-14(21-25-18)16-6-5-9-22(16)19(23)20-15-10-13(3)7-8-17(15)24-4/h7-8,10-12,16H,5-6,9H2,1-4H3,(H,20,23). The van der Waals surface area contributed by atoms with Gasteiger partial charge in [-0.3, -0.25) is 0 Å². The lowest BCUT2D eigenvalue weighted by molar-refractivity contribution is 0.204. The molecule has 1 fully saturated rings. The summed E-state index contributed by atoms with van der Waals surface area (Å²) in [6.07, 6.45) is 1.84. The molecule has 0 bridgehead atoms. The number of likely N-dealkylation sites (tertiary alicyclic amines) is 1. The summed E-state index contributed by atoms with van der Waals surface area (Å²) in [6.45, 7) is 6.81. The summed E-state index contributed by atoms with van der Waals surface area (Å²) in [5, 5.41) is 7.16. The number of hydrogen-bond donors (Lipinski definition) is 1. The average Bonchev–Trinajstić information content (AvgIpc) is 3.24. The zero-order valence-corrected chi connectivity index (χ0v) is 15.2. The van der Waals surface area contributed by atoms with E-state index in [1.54, 1.807) is 7.11 Å². The van der Waals surface area contributed by atoms with Crippen molar-refractivity contribution >= 4 is 11.7 Å². The smallest absolute Gasteiger partial charge is 0.322 e. The number of nitrogens with one attached hydrogen (secondary N) is 1. The van der Waals surface area contributed by atoms with E-state index in [-0.39, 0.29) is 18.0 Å². The molecule has 2 heterocycles. The van der Waals surface area contributed by atoms with Crippen molar-refractivity contribution in [1.82, 2.24) is 10.1 Å². The maximum Gasteiger partial charge on any atom is 0.322 e. The number of nitrogens with zero attached hydrogens (tertiary/aromatic N) is 2. The molecule has 1 aromatic carbocycles. The van der Waals surface area contributed by atoms with E-state index in [4.69, 9.17) is 9.26 Å². The number of carbonyl (C=O) groups excluding carboxylic acids is 1. The predicted molar refractivity (Wildman–Crippen MR) is 96.0 cm³/mol.